The van der Waals surface area contributed by atoms with E-state index in [1.54, 1.807) is 19.3 Å². The molecule has 1 N–H and O–H groups in total. The van der Waals surface area contributed by atoms with E-state index in [4.69, 9.17) is 4.74 Å². The fourth-order valence-corrected chi connectivity index (χ4v) is 2.10. The largest absolute Gasteiger partial charge is 0.492 e. The van der Waals surface area contributed by atoms with Gasteiger partial charge in [-0.05, 0) is 31.9 Å². The number of hydrogen-bond donors (Lipinski definition) is 1. The summed E-state index contributed by atoms with van der Waals surface area (Å²) in [7, 11) is 0. The van der Waals surface area contributed by atoms with Crippen LogP contribution in [-0.4, -0.2) is 16.7 Å². The molecule has 0 saturated carbocycles. The first-order valence-electron chi connectivity index (χ1n) is 6.92. The molecule has 20 heavy (non-hydrogen) atoms. The number of nitrogens with zero attached hydrogens (tertiary/aromatic N) is 1. The van der Waals surface area contributed by atoms with Crippen molar-refractivity contribution in [1.82, 2.24) is 4.98 Å². The number of ether oxygens (including phenoxy) is 1. The summed E-state index contributed by atoms with van der Waals surface area (Å²) in [6.45, 7) is 6.50. The van der Waals surface area contributed by atoms with Crippen molar-refractivity contribution in [2.24, 2.45) is 0 Å². The van der Waals surface area contributed by atoms with E-state index in [-0.39, 0.29) is 0 Å². The number of aromatic nitrogens is 1. The number of pyridine rings is 1. The average Bonchev–Trinajstić information content (AvgIpc) is 2.45. The molecule has 0 amide bonds. The lowest BCUT2D eigenvalue weighted by molar-refractivity contribution is 0.101. The minimum Gasteiger partial charge on any atom is -0.492 e. The zero-order valence-electron chi connectivity index (χ0n) is 12.3. The van der Waals surface area contributed by atoms with Crippen molar-refractivity contribution in [1.29, 1.82) is 0 Å². The van der Waals surface area contributed by atoms with Crippen molar-refractivity contribution in [3.05, 3.63) is 59.4 Å². The van der Waals surface area contributed by atoms with Gasteiger partial charge in [-0.25, -0.2) is 0 Å². The van der Waals surface area contributed by atoms with Crippen molar-refractivity contribution in [3.8, 4) is 5.75 Å². The molecule has 1 aromatic heterocycles. The molecule has 3 heteroatoms. The van der Waals surface area contributed by atoms with Crippen LogP contribution >= 0.6 is 0 Å². The highest BCUT2D eigenvalue weighted by atomic mass is 16.5. The zero-order valence-corrected chi connectivity index (χ0v) is 12.3. The summed E-state index contributed by atoms with van der Waals surface area (Å²) in [5.41, 5.74) is 1.63. The maximum absolute atomic E-state index is 10.8. The summed E-state index contributed by atoms with van der Waals surface area (Å²) in [5, 5.41) is 10.8. The van der Waals surface area contributed by atoms with Crippen LogP contribution in [0.15, 0.2) is 42.7 Å². The molecular weight excluding hydrogens is 250 g/mol. The lowest BCUT2D eigenvalue weighted by Gasteiger charge is -2.25. The van der Waals surface area contributed by atoms with Crippen LogP contribution in [0.2, 0.25) is 0 Å². The Labute approximate surface area is 120 Å². The van der Waals surface area contributed by atoms with Gasteiger partial charge in [0.25, 0.3) is 0 Å². The lowest BCUT2D eigenvalue weighted by atomic mass is 9.88. The third-order valence-corrected chi connectivity index (χ3v) is 3.33. The Bertz CT molecular complexity index is 579. The molecule has 3 nitrogen and oxygen atoms in total. The van der Waals surface area contributed by atoms with Crippen LogP contribution in [0.25, 0.3) is 0 Å². The molecule has 0 spiro atoms. The van der Waals surface area contributed by atoms with Gasteiger partial charge in [-0.3, -0.25) is 4.98 Å². The first-order valence-corrected chi connectivity index (χ1v) is 6.92. The summed E-state index contributed by atoms with van der Waals surface area (Å²) in [5.74, 6) is 0.692. The average molecular weight is 271 g/mol. The molecule has 1 aromatic carbocycles. The molecule has 1 unspecified atom stereocenters. The van der Waals surface area contributed by atoms with Gasteiger partial charge >= 0.3 is 0 Å². The van der Waals surface area contributed by atoms with Crippen LogP contribution in [0.4, 0.5) is 0 Å². The molecule has 2 aromatic rings. The fraction of sp³-hybridized carbons (Fsp3) is 0.353. The Morgan fingerprint density at radius 1 is 1.20 bits per heavy atom. The van der Waals surface area contributed by atoms with E-state index >= 15 is 0 Å². The quantitative estimate of drug-likeness (QED) is 0.906. The van der Waals surface area contributed by atoms with Crippen molar-refractivity contribution in [3.63, 3.8) is 0 Å². The molecule has 2 rings (SSSR count). The molecule has 0 fully saturated rings. The van der Waals surface area contributed by atoms with Gasteiger partial charge in [-0.1, -0.05) is 36.8 Å². The predicted molar refractivity (Wildman–Crippen MR) is 79.9 cm³/mol. The maximum atomic E-state index is 10.8. The molecule has 0 aliphatic rings. The highest BCUT2D eigenvalue weighted by molar-refractivity contribution is 5.38. The first-order chi connectivity index (χ1) is 9.54. The second kappa shape index (κ2) is 6.06. The van der Waals surface area contributed by atoms with Gasteiger partial charge in [0, 0.05) is 11.8 Å². The fourth-order valence-electron chi connectivity index (χ4n) is 2.10. The monoisotopic (exact) mass is 271 g/mol. The highest BCUT2D eigenvalue weighted by Gasteiger charge is 2.26. The van der Waals surface area contributed by atoms with Gasteiger partial charge in [0.05, 0.1) is 12.8 Å². The number of hydrogen-bond acceptors (Lipinski definition) is 3. The molecule has 0 aliphatic carbocycles. The highest BCUT2D eigenvalue weighted by Crippen LogP contribution is 2.30. The van der Waals surface area contributed by atoms with Gasteiger partial charge in [0.15, 0.2) is 0 Å². The summed E-state index contributed by atoms with van der Waals surface area (Å²) < 4.78 is 5.58. The van der Waals surface area contributed by atoms with Crippen LogP contribution in [-0.2, 0) is 5.60 Å². The van der Waals surface area contributed by atoms with E-state index in [0.29, 0.717) is 12.4 Å². The second-order valence-electron chi connectivity index (χ2n) is 5.20. The van der Waals surface area contributed by atoms with Crippen LogP contribution in [0.5, 0.6) is 5.75 Å². The van der Waals surface area contributed by atoms with E-state index < -0.39 is 5.60 Å². The molecule has 0 radical (unpaired) electrons. The van der Waals surface area contributed by atoms with E-state index in [1.807, 2.05) is 37.3 Å². The van der Waals surface area contributed by atoms with Crippen molar-refractivity contribution < 1.29 is 9.84 Å². The summed E-state index contributed by atoms with van der Waals surface area (Å²) in [6.07, 6.45) is 4.30. The number of benzene rings is 1. The van der Waals surface area contributed by atoms with Gasteiger partial charge in [-0.15, -0.1) is 0 Å². The predicted octanol–water partition coefficient (Wildman–Crippen LogP) is 3.43. The van der Waals surface area contributed by atoms with Gasteiger partial charge in [0.1, 0.15) is 11.4 Å². The molecule has 0 bridgehead atoms. The molecule has 1 atom stereocenters. The van der Waals surface area contributed by atoms with E-state index in [9.17, 15) is 5.11 Å². The van der Waals surface area contributed by atoms with Crippen molar-refractivity contribution in [2.75, 3.05) is 6.61 Å². The summed E-state index contributed by atoms with van der Waals surface area (Å²) >= 11 is 0. The standard InChI is InChI=1S/C17H21NO2/c1-4-8-20-16-10-15(11-18-12-16)17(3,19)14-7-5-6-13(2)9-14/h5-7,9-12,19H,4,8H2,1-3H3. The summed E-state index contributed by atoms with van der Waals surface area (Å²) in [4.78, 5) is 4.17. The Balaban J connectivity index is 2.33. The van der Waals surface area contributed by atoms with E-state index in [1.165, 1.54) is 0 Å². The van der Waals surface area contributed by atoms with Gasteiger partial charge < -0.3 is 9.84 Å². The van der Waals surface area contributed by atoms with E-state index in [2.05, 4.69) is 11.9 Å². The Kier molecular flexibility index (Phi) is 4.40. The zero-order chi connectivity index (χ0) is 14.6. The number of rotatable bonds is 5. The minimum absolute atomic E-state index is 0.651. The van der Waals surface area contributed by atoms with Crippen molar-refractivity contribution >= 4 is 0 Å². The SMILES string of the molecule is CCCOc1cncc(C(C)(O)c2cccc(C)c2)c1. The van der Waals surface area contributed by atoms with Crippen molar-refractivity contribution in [2.45, 2.75) is 32.8 Å². The topological polar surface area (TPSA) is 42.4 Å². The van der Waals surface area contributed by atoms with Crippen LogP contribution in [0, 0.1) is 6.92 Å². The molecule has 0 saturated heterocycles. The normalized spacial score (nSPS) is 13.8. The maximum Gasteiger partial charge on any atom is 0.137 e. The van der Waals surface area contributed by atoms with E-state index in [0.717, 1.165) is 23.1 Å². The van der Waals surface area contributed by atoms with Gasteiger partial charge in [-0.2, -0.15) is 0 Å². The molecular formula is C17H21NO2. The third kappa shape index (κ3) is 3.17. The number of aryl methyl sites for hydroxylation is 1. The van der Waals surface area contributed by atoms with Crippen LogP contribution in [0.3, 0.4) is 0 Å². The molecule has 1 heterocycles. The minimum atomic E-state index is -1.08. The van der Waals surface area contributed by atoms with Gasteiger partial charge in [0.2, 0.25) is 0 Å². The van der Waals surface area contributed by atoms with Crippen LogP contribution < -0.4 is 4.74 Å². The number of aliphatic hydroxyl groups is 1. The first kappa shape index (κ1) is 14.5. The molecule has 0 aliphatic heterocycles. The second-order valence-corrected chi connectivity index (χ2v) is 5.20. The lowest BCUT2D eigenvalue weighted by Crippen LogP contribution is -2.23. The Morgan fingerprint density at radius 3 is 2.70 bits per heavy atom. The van der Waals surface area contributed by atoms with Crippen LogP contribution in [0.1, 0.15) is 37.0 Å². The Hall–Kier alpha value is -1.87. The summed E-state index contributed by atoms with van der Waals surface area (Å²) in [6, 6.07) is 9.72. The molecule has 106 valence electrons. The Morgan fingerprint density at radius 2 is 2.00 bits per heavy atom. The third-order valence-electron chi connectivity index (χ3n) is 3.33. The smallest absolute Gasteiger partial charge is 0.137 e.